The Balaban J connectivity index is 2.11. The molecule has 1 aliphatic heterocycles. The quantitative estimate of drug-likeness (QED) is 0.799. The Morgan fingerprint density at radius 1 is 1.17 bits per heavy atom. The average molecular weight is 337 g/mol. The van der Waals surface area contributed by atoms with E-state index in [1.54, 1.807) is 0 Å². The number of amides is 1. The molecule has 1 amide bonds. The lowest BCUT2D eigenvalue weighted by Crippen LogP contribution is -2.42. The molecular formula is C19H29ClN2O. The molecule has 0 aromatic heterocycles. The van der Waals surface area contributed by atoms with Gasteiger partial charge in [-0.2, -0.15) is 0 Å². The van der Waals surface area contributed by atoms with Crippen LogP contribution in [0.3, 0.4) is 0 Å². The van der Waals surface area contributed by atoms with Crippen LogP contribution in [0.15, 0.2) is 24.3 Å². The molecular weight excluding hydrogens is 308 g/mol. The maximum Gasteiger partial charge on any atom is 0.223 e. The van der Waals surface area contributed by atoms with E-state index < -0.39 is 0 Å². The highest BCUT2D eigenvalue weighted by molar-refractivity contribution is 6.31. The Morgan fingerprint density at radius 2 is 1.83 bits per heavy atom. The number of nitrogens with zero attached hydrogens (tertiary/aromatic N) is 1. The van der Waals surface area contributed by atoms with E-state index in [9.17, 15) is 4.79 Å². The third kappa shape index (κ3) is 4.95. The van der Waals surface area contributed by atoms with Gasteiger partial charge in [-0.1, -0.05) is 50.1 Å². The van der Waals surface area contributed by atoms with Crippen molar-refractivity contribution in [1.82, 2.24) is 10.2 Å². The molecule has 3 nitrogen and oxygen atoms in total. The summed E-state index contributed by atoms with van der Waals surface area (Å²) in [6.07, 6.45) is 5.53. The highest BCUT2D eigenvalue weighted by atomic mass is 35.5. The fourth-order valence-electron chi connectivity index (χ4n) is 3.41. The van der Waals surface area contributed by atoms with Crippen LogP contribution in [0.5, 0.6) is 0 Å². The summed E-state index contributed by atoms with van der Waals surface area (Å²) in [5, 5.41) is 3.96. The second kappa shape index (κ2) is 9.29. The van der Waals surface area contributed by atoms with Crippen LogP contribution in [0.1, 0.15) is 57.6 Å². The van der Waals surface area contributed by atoms with E-state index in [2.05, 4.69) is 30.1 Å². The lowest BCUT2D eigenvalue weighted by molar-refractivity contribution is -0.125. The first-order valence-electron chi connectivity index (χ1n) is 8.93. The zero-order valence-electron chi connectivity index (χ0n) is 14.4. The number of carbonyl (C=O) groups is 1. The molecule has 1 heterocycles. The summed E-state index contributed by atoms with van der Waals surface area (Å²) >= 11 is 6.43. The first-order valence-corrected chi connectivity index (χ1v) is 9.31. The van der Waals surface area contributed by atoms with E-state index in [1.165, 1.54) is 19.3 Å². The van der Waals surface area contributed by atoms with Crippen LogP contribution in [0.25, 0.3) is 0 Å². The number of rotatable bonds is 7. The van der Waals surface area contributed by atoms with Gasteiger partial charge in [0.25, 0.3) is 0 Å². The van der Waals surface area contributed by atoms with Crippen LogP contribution >= 0.6 is 11.6 Å². The van der Waals surface area contributed by atoms with E-state index in [4.69, 9.17) is 11.6 Å². The first kappa shape index (κ1) is 18.3. The SMILES string of the molecule is CCC(CC)C(=O)NC[C@@H](c1ccccc1Cl)N1CCCCC1. The monoisotopic (exact) mass is 336 g/mol. The molecule has 1 aromatic carbocycles. The van der Waals surface area contributed by atoms with Gasteiger partial charge in [0.05, 0.1) is 6.04 Å². The van der Waals surface area contributed by atoms with Gasteiger partial charge >= 0.3 is 0 Å². The predicted octanol–water partition coefficient (Wildman–Crippen LogP) is 4.42. The van der Waals surface area contributed by atoms with E-state index in [-0.39, 0.29) is 17.9 Å². The topological polar surface area (TPSA) is 32.3 Å². The molecule has 128 valence electrons. The minimum absolute atomic E-state index is 0.114. The van der Waals surface area contributed by atoms with E-state index >= 15 is 0 Å². The molecule has 0 saturated carbocycles. The van der Waals surface area contributed by atoms with Crippen molar-refractivity contribution in [3.05, 3.63) is 34.9 Å². The third-order valence-corrected chi connectivity index (χ3v) is 5.27. The van der Waals surface area contributed by atoms with E-state index in [0.29, 0.717) is 6.54 Å². The van der Waals surface area contributed by atoms with Crippen molar-refractivity contribution >= 4 is 17.5 Å². The highest BCUT2D eigenvalue weighted by Crippen LogP contribution is 2.29. The van der Waals surface area contributed by atoms with E-state index in [1.807, 2.05) is 18.2 Å². The van der Waals surface area contributed by atoms with Crippen molar-refractivity contribution < 1.29 is 4.79 Å². The van der Waals surface area contributed by atoms with Gasteiger partial charge in [-0.25, -0.2) is 0 Å². The third-order valence-electron chi connectivity index (χ3n) is 4.92. The molecule has 2 rings (SSSR count). The fraction of sp³-hybridized carbons (Fsp3) is 0.632. The van der Waals surface area contributed by atoms with Crippen LogP contribution in [-0.4, -0.2) is 30.4 Å². The summed E-state index contributed by atoms with van der Waals surface area (Å²) in [6, 6.07) is 8.19. The zero-order valence-corrected chi connectivity index (χ0v) is 15.1. The number of likely N-dealkylation sites (tertiary alicyclic amines) is 1. The standard InChI is InChI=1S/C19H29ClN2O/c1-3-15(4-2)19(23)21-14-18(22-12-8-5-9-13-22)16-10-6-7-11-17(16)20/h6-7,10-11,15,18H,3-5,8-9,12-14H2,1-2H3,(H,21,23)/t18-/m0/s1. The minimum atomic E-state index is 0.114. The van der Waals surface area contributed by atoms with Crippen molar-refractivity contribution in [2.45, 2.75) is 52.0 Å². The summed E-state index contributed by atoms with van der Waals surface area (Å²) < 4.78 is 0. The zero-order chi connectivity index (χ0) is 16.7. The van der Waals surface area contributed by atoms with Crippen LogP contribution in [0.2, 0.25) is 5.02 Å². The molecule has 0 spiro atoms. The van der Waals surface area contributed by atoms with Crippen LogP contribution < -0.4 is 5.32 Å². The predicted molar refractivity (Wildman–Crippen MR) is 96.7 cm³/mol. The van der Waals surface area contributed by atoms with Crippen molar-refractivity contribution in [1.29, 1.82) is 0 Å². The van der Waals surface area contributed by atoms with Crippen molar-refractivity contribution in [3.63, 3.8) is 0 Å². The van der Waals surface area contributed by atoms with Gasteiger partial charge in [-0.15, -0.1) is 0 Å². The normalized spacial score (nSPS) is 17.2. The average Bonchev–Trinajstić information content (AvgIpc) is 2.58. The van der Waals surface area contributed by atoms with Crippen LogP contribution in [-0.2, 0) is 4.79 Å². The maximum absolute atomic E-state index is 12.3. The lowest BCUT2D eigenvalue weighted by atomic mass is 10.00. The second-order valence-corrected chi connectivity index (χ2v) is 6.80. The number of hydrogen-bond donors (Lipinski definition) is 1. The molecule has 1 aliphatic rings. The molecule has 0 bridgehead atoms. The number of carbonyl (C=O) groups excluding carboxylic acids is 1. The molecule has 0 unspecified atom stereocenters. The number of halogens is 1. The summed E-state index contributed by atoms with van der Waals surface area (Å²) in [7, 11) is 0. The smallest absolute Gasteiger partial charge is 0.223 e. The number of benzene rings is 1. The number of piperidine rings is 1. The maximum atomic E-state index is 12.3. The fourth-order valence-corrected chi connectivity index (χ4v) is 3.67. The highest BCUT2D eigenvalue weighted by Gasteiger charge is 2.25. The first-order chi connectivity index (χ1) is 11.2. The van der Waals surface area contributed by atoms with Gasteiger partial charge in [0, 0.05) is 17.5 Å². The van der Waals surface area contributed by atoms with Gasteiger partial charge in [0.15, 0.2) is 0 Å². The molecule has 23 heavy (non-hydrogen) atoms. The second-order valence-electron chi connectivity index (χ2n) is 6.39. The van der Waals surface area contributed by atoms with Gasteiger partial charge in [0.1, 0.15) is 0 Å². The van der Waals surface area contributed by atoms with Gasteiger partial charge < -0.3 is 5.32 Å². The van der Waals surface area contributed by atoms with Crippen LogP contribution in [0.4, 0.5) is 0 Å². The molecule has 0 aliphatic carbocycles. The van der Waals surface area contributed by atoms with Gasteiger partial charge in [0.2, 0.25) is 5.91 Å². The number of hydrogen-bond acceptors (Lipinski definition) is 2. The Morgan fingerprint density at radius 3 is 2.43 bits per heavy atom. The summed E-state index contributed by atoms with van der Waals surface area (Å²) in [5.74, 6) is 0.285. The molecule has 0 radical (unpaired) electrons. The summed E-state index contributed by atoms with van der Waals surface area (Å²) in [5.41, 5.74) is 1.13. The van der Waals surface area contributed by atoms with Gasteiger partial charge in [-0.3, -0.25) is 9.69 Å². The largest absolute Gasteiger partial charge is 0.354 e. The van der Waals surface area contributed by atoms with Crippen molar-refractivity contribution in [3.8, 4) is 0 Å². The molecule has 1 aromatic rings. The number of nitrogens with one attached hydrogen (secondary N) is 1. The van der Waals surface area contributed by atoms with Crippen molar-refractivity contribution in [2.24, 2.45) is 5.92 Å². The minimum Gasteiger partial charge on any atom is -0.354 e. The van der Waals surface area contributed by atoms with Gasteiger partial charge in [-0.05, 0) is 50.4 Å². The Labute approximate surface area is 145 Å². The van der Waals surface area contributed by atoms with E-state index in [0.717, 1.165) is 36.5 Å². The Bertz CT molecular complexity index is 496. The Kier molecular flexibility index (Phi) is 7.38. The molecule has 4 heteroatoms. The molecule has 1 atom stereocenters. The molecule has 1 fully saturated rings. The van der Waals surface area contributed by atoms with Crippen LogP contribution in [0, 0.1) is 5.92 Å². The molecule has 1 saturated heterocycles. The van der Waals surface area contributed by atoms with Crippen molar-refractivity contribution in [2.75, 3.05) is 19.6 Å². The summed E-state index contributed by atoms with van der Waals surface area (Å²) in [4.78, 5) is 14.8. The molecule has 1 N–H and O–H groups in total. The Hall–Kier alpha value is -1.06. The summed E-state index contributed by atoms with van der Waals surface area (Å²) in [6.45, 7) is 6.94. The lowest BCUT2D eigenvalue weighted by Gasteiger charge is -2.35.